The van der Waals surface area contributed by atoms with Gasteiger partial charge in [-0.1, -0.05) is 42.1 Å². The second-order valence-electron chi connectivity index (χ2n) is 7.17. The molecule has 0 aliphatic carbocycles. The van der Waals surface area contributed by atoms with Crippen molar-refractivity contribution in [3.05, 3.63) is 72.5 Å². The summed E-state index contributed by atoms with van der Waals surface area (Å²) in [6.07, 6.45) is 1.60. The summed E-state index contributed by atoms with van der Waals surface area (Å²) < 4.78 is 18.2. The van der Waals surface area contributed by atoms with Gasteiger partial charge >= 0.3 is 0 Å². The molecule has 0 saturated heterocycles. The van der Waals surface area contributed by atoms with E-state index in [1.54, 1.807) is 24.5 Å². The number of aromatic nitrogens is 3. The number of fused-ring (bicyclic) bond motifs is 1. The summed E-state index contributed by atoms with van der Waals surface area (Å²) in [5.41, 5.74) is 1.74. The van der Waals surface area contributed by atoms with Crippen LogP contribution >= 0.6 is 11.8 Å². The molecule has 8 nitrogen and oxygen atoms in total. The molecule has 162 valence electrons. The summed E-state index contributed by atoms with van der Waals surface area (Å²) in [6.45, 7) is 2.58. The van der Waals surface area contributed by atoms with Crippen LogP contribution in [0.3, 0.4) is 0 Å². The molecule has 1 N–H and O–H groups in total. The van der Waals surface area contributed by atoms with Gasteiger partial charge in [-0.3, -0.25) is 9.36 Å². The number of carbonyl (C=O) groups excluding carboxylic acids is 1. The molecule has 5 rings (SSSR count). The molecule has 0 fully saturated rings. The van der Waals surface area contributed by atoms with Crippen LogP contribution in [0, 0.1) is 0 Å². The topological polar surface area (TPSA) is 91.4 Å². The summed E-state index contributed by atoms with van der Waals surface area (Å²) in [5.74, 6) is 2.38. The fraction of sp³-hybridized carbons (Fsp3) is 0.174. The van der Waals surface area contributed by atoms with Crippen molar-refractivity contribution in [2.45, 2.75) is 23.9 Å². The summed E-state index contributed by atoms with van der Waals surface area (Å²) in [7, 11) is 0. The van der Waals surface area contributed by atoms with Gasteiger partial charge in [0, 0.05) is 11.8 Å². The number of anilines is 1. The lowest BCUT2D eigenvalue weighted by atomic mass is 10.2. The number of nitrogens with one attached hydrogen (secondary N) is 1. The molecule has 1 unspecified atom stereocenters. The molecule has 2 aromatic heterocycles. The van der Waals surface area contributed by atoms with E-state index in [-0.39, 0.29) is 12.7 Å². The number of benzene rings is 2. The predicted octanol–water partition coefficient (Wildman–Crippen LogP) is 4.43. The largest absolute Gasteiger partial charge is 0.461 e. The van der Waals surface area contributed by atoms with Crippen molar-refractivity contribution >= 4 is 23.4 Å². The number of amides is 1. The molecule has 0 radical (unpaired) electrons. The maximum Gasteiger partial charge on any atom is 0.237 e. The van der Waals surface area contributed by atoms with Crippen LogP contribution in [-0.4, -0.2) is 32.7 Å². The second kappa shape index (κ2) is 8.80. The van der Waals surface area contributed by atoms with Crippen LogP contribution in [0.15, 0.2) is 76.5 Å². The Bertz CT molecular complexity index is 1220. The van der Waals surface area contributed by atoms with Crippen molar-refractivity contribution in [3.63, 3.8) is 0 Å². The van der Waals surface area contributed by atoms with E-state index >= 15 is 0 Å². The van der Waals surface area contributed by atoms with E-state index in [1.807, 2.05) is 54.0 Å². The Morgan fingerprint density at radius 2 is 1.94 bits per heavy atom. The number of hydrogen-bond acceptors (Lipinski definition) is 7. The summed E-state index contributed by atoms with van der Waals surface area (Å²) >= 11 is 1.34. The number of hydrogen-bond donors (Lipinski definition) is 1. The summed E-state index contributed by atoms with van der Waals surface area (Å²) in [6, 6.07) is 19.0. The van der Waals surface area contributed by atoms with Gasteiger partial charge in [0.05, 0.1) is 18.1 Å². The van der Waals surface area contributed by atoms with E-state index < -0.39 is 5.25 Å². The Labute approximate surface area is 188 Å². The third kappa shape index (κ3) is 4.19. The minimum atomic E-state index is -0.413. The molecule has 0 bridgehead atoms. The lowest BCUT2D eigenvalue weighted by Gasteiger charge is -2.14. The maximum absolute atomic E-state index is 12.8. The predicted molar refractivity (Wildman–Crippen MR) is 120 cm³/mol. The zero-order chi connectivity index (χ0) is 21.9. The average Bonchev–Trinajstić information content (AvgIpc) is 3.56. The van der Waals surface area contributed by atoms with Crippen LogP contribution in [0.4, 0.5) is 5.69 Å². The van der Waals surface area contributed by atoms with Gasteiger partial charge in [-0.2, -0.15) is 0 Å². The van der Waals surface area contributed by atoms with Crippen LogP contribution < -0.4 is 14.8 Å². The molecule has 0 saturated carbocycles. The van der Waals surface area contributed by atoms with Crippen LogP contribution in [0.1, 0.15) is 12.5 Å². The molecule has 1 aliphatic rings. The van der Waals surface area contributed by atoms with E-state index in [1.165, 1.54) is 11.8 Å². The van der Waals surface area contributed by atoms with Gasteiger partial charge in [0.15, 0.2) is 22.4 Å². The minimum Gasteiger partial charge on any atom is -0.461 e. The second-order valence-corrected chi connectivity index (χ2v) is 8.48. The zero-order valence-corrected chi connectivity index (χ0v) is 18.0. The van der Waals surface area contributed by atoms with Gasteiger partial charge in [0.2, 0.25) is 18.5 Å². The number of furan rings is 1. The molecular weight excluding hydrogens is 428 g/mol. The zero-order valence-electron chi connectivity index (χ0n) is 17.2. The fourth-order valence-electron chi connectivity index (χ4n) is 3.30. The van der Waals surface area contributed by atoms with Crippen molar-refractivity contribution < 1.29 is 18.7 Å². The molecule has 3 heterocycles. The summed E-state index contributed by atoms with van der Waals surface area (Å²) in [5, 5.41) is 11.8. The Morgan fingerprint density at radius 3 is 2.75 bits per heavy atom. The van der Waals surface area contributed by atoms with Gasteiger partial charge in [-0.05, 0) is 36.8 Å². The Balaban J connectivity index is 1.35. The normalized spacial score (nSPS) is 13.2. The molecule has 9 heteroatoms. The number of carbonyl (C=O) groups is 1. The SMILES string of the molecule is CC(Sc1nnc(-c2ccco2)n1Cc1ccccc1)C(=O)Nc1ccc2c(c1)OCO2. The molecule has 0 spiro atoms. The average molecular weight is 449 g/mol. The Hall–Kier alpha value is -3.72. The molecule has 32 heavy (non-hydrogen) atoms. The van der Waals surface area contributed by atoms with E-state index in [4.69, 9.17) is 13.9 Å². The van der Waals surface area contributed by atoms with E-state index in [9.17, 15) is 4.79 Å². The van der Waals surface area contributed by atoms with Crippen molar-refractivity contribution in [2.24, 2.45) is 0 Å². The van der Waals surface area contributed by atoms with Crippen LogP contribution in [-0.2, 0) is 11.3 Å². The molecule has 1 amide bonds. The third-order valence-electron chi connectivity index (χ3n) is 4.93. The number of thioether (sulfide) groups is 1. The van der Waals surface area contributed by atoms with Crippen molar-refractivity contribution in [3.8, 4) is 23.1 Å². The molecule has 2 aromatic carbocycles. The van der Waals surface area contributed by atoms with Crippen molar-refractivity contribution in [1.29, 1.82) is 0 Å². The van der Waals surface area contributed by atoms with E-state index in [2.05, 4.69) is 15.5 Å². The van der Waals surface area contributed by atoms with Gasteiger partial charge in [-0.15, -0.1) is 10.2 Å². The van der Waals surface area contributed by atoms with Crippen LogP contribution in [0.25, 0.3) is 11.6 Å². The molecular formula is C23H20N4O4S. The smallest absolute Gasteiger partial charge is 0.237 e. The minimum absolute atomic E-state index is 0.150. The molecule has 1 atom stereocenters. The highest BCUT2D eigenvalue weighted by Gasteiger charge is 2.23. The first-order valence-corrected chi connectivity index (χ1v) is 10.9. The van der Waals surface area contributed by atoms with Gasteiger partial charge < -0.3 is 19.2 Å². The fourth-order valence-corrected chi connectivity index (χ4v) is 4.15. The first-order chi connectivity index (χ1) is 15.7. The Kier molecular flexibility index (Phi) is 5.55. The lowest BCUT2D eigenvalue weighted by Crippen LogP contribution is -2.23. The highest BCUT2D eigenvalue weighted by Crippen LogP contribution is 2.35. The van der Waals surface area contributed by atoms with Gasteiger partial charge in [0.25, 0.3) is 0 Å². The van der Waals surface area contributed by atoms with Crippen molar-refractivity contribution in [2.75, 3.05) is 12.1 Å². The number of ether oxygens (including phenoxy) is 2. The van der Waals surface area contributed by atoms with Crippen molar-refractivity contribution in [1.82, 2.24) is 14.8 Å². The standard InChI is InChI=1S/C23H20N4O4S/c1-15(22(28)24-17-9-10-18-20(12-17)31-14-30-18)32-23-26-25-21(19-8-5-11-29-19)27(23)13-16-6-3-2-4-7-16/h2-12,15H,13-14H2,1H3,(H,24,28). The molecule has 1 aliphatic heterocycles. The highest BCUT2D eigenvalue weighted by molar-refractivity contribution is 8.00. The summed E-state index contributed by atoms with van der Waals surface area (Å²) in [4.78, 5) is 12.8. The number of nitrogens with zero attached hydrogens (tertiary/aromatic N) is 3. The third-order valence-corrected chi connectivity index (χ3v) is 6.01. The van der Waals surface area contributed by atoms with Gasteiger partial charge in [0.1, 0.15) is 0 Å². The first-order valence-electron chi connectivity index (χ1n) is 10.1. The van der Waals surface area contributed by atoms with E-state index in [0.29, 0.717) is 40.5 Å². The Morgan fingerprint density at radius 1 is 1.09 bits per heavy atom. The lowest BCUT2D eigenvalue weighted by molar-refractivity contribution is -0.115. The van der Waals surface area contributed by atoms with Gasteiger partial charge in [-0.25, -0.2) is 0 Å². The first kappa shape index (κ1) is 20.2. The van der Waals surface area contributed by atoms with E-state index in [0.717, 1.165) is 5.56 Å². The molecule has 4 aromatic rings. The quantitative estimate of drug-likeness (QED) is 0.418. The monoisotopic (exact) mass is 448 g/mol. The number of rotatable bonds is 7. The highest BCUT2D eigenvalue weighted by atomic mass is 32.2. The van der Waals surface area contributed by atoms with Crippen LogP contribution in [0.2, 0.25) is 0 Å². The van der Waals surface area contributed by atoms with Crippen LogP contribution in [0.5, 0.6) is 11.5 Å². The maximum atomic E-state index is 12.8.